The average molecular weight is 264 g/mol. The van der Waals surface area contributed by atoms with Crippen LogP contribution in [0.2, 0.25) is 0 Å². The highest BCUT2D eigenvalue weighted by atomic mass is 16.4. The Morgan fingerprint density at radius 2 is 2.11 bits per heavy atom. The number of carboxylic acid groups (broad SMARTS) is 1. The normalized spacial score (nSPS) is 22.5. The number of likely N-dealkylation sites (tertiary alicyclic amines) is 1. The highest BCUT2D eigenvalue weighted by Gasteiger charge is 2.43. The van der Waals surface area contributed by atoms with E-state index in [-0.39, 0.29) is 30.8 Å². The Hall–Kier alpha value is -2.08. The second-order valence-corrected chi connectivity index (χ2v) is 4.96. The summed E-state index contributed by atoms with van der Waals surface area (Å²) in [6.07, 6.45) is 0.209. The van der Waals surface area contributed by atoms with Crippen molar-refractivity contribution in [3.63, 3.8) is 0 Å². The third kappa shape index (κ3) is 2.39. The van der Waals surface area contributed by atoms with Gasteiger partial charge in [-0.25, -0.2) is 0 Å². The fraction of sp³-hybridized carbons (Fsp3) is 0.385. The number of aliphatic carboxylic acids is 1. The number of carbonyl (C=O) groups is 2. The van der Waals surface area contributed by atoms with E-state index in [4.69, 9.17) is 10.8 Å². The van der Waals surface area contributed by atoms with Crippen LogP contribution in [0.1, 0.15) is 22.3 Å². The van der Waals surface area contributed by atoms with Gasteiger partial charge in [0.1, 0.15) is 11.3 Å². The Labute approximate surface area is 110 Å². The van der Waals surface area contributed by atoms with Gasteiger partial charge >= 0.3 is 5.97 Å². The van der Waals surface area contributed by atoms with Crippen LogP contribution in [0, 0.1) is 6.92 Å². The van der Waals surface area contributed by atoms with Gasteiger partial charge in [0.15, 0.2) is 0 Å². The quantitative estimate of drug-likeness (QED) is 0.714. The standard InChI is InChI=1S/C13H16N2O4/c1-8-2-3-10(16)9(6-8)11(17)15-5-4-13(14,7-15)12(18)19/h2-3,6,16H,4-5,7,14H2,1H3,(H,18,19). The Morgan fingerprint density at radius 3 is 2.68 bits per heavy atom. The van der Waals surface area contributed by atoms with Crippen molar-refractivity contribution in [2.75, 3.05) is 13.1 Å². The molecule has 0 aliphatic carbocycles. The summed E-state index contributed by atoms with van der Waals surface area (Å²) in [5.41, 5.74) is 5.35. The van der Waals surface area contributed by atoms with E-state index in [1.165, 1.54) is 11.0 Å². The van der Waals surface area contributed by atoms with Crippen LogP contribution in [0.25, 0.3) is 0 Å². The Morgan fingerprint density at radius 1 is 1.42 bits per heavy atom. The molecule has 0 saturated carbocycles. The molecule has 1 amide bonds. The zero-order valence-corrected chi connectivity index (χ0v) is 10.6. The average Bonchev–Trinajstić information content (AvgIpc) is 2.76. The first kappa shape index (κ1) is 13.4. The largest absolute Gasteiger partial charge is 0.507 e. The summed E-state index contributed by atoms with van der Waals surface area (Å²) in [5.74, 6) is -1.62. The van der Waals surface area contributed by atoms with Gasteiger partial charge in [0.05, 0.1) is 5.56 Å². The Balaban J connectivity index is 2.22. The van der Waals surface area contributed by atoms with Gasteiger partial charge in [-0.3, -0.25) is 9.59 Å². The maximum absolute atomic E-state index is 12.2. The van der Waals surface area contributed by atoms with E-state index >= 15 is 0 Å². The number of carboxylic acids is 1. The molecule has 6 heteroatoms. The lowest BCUT2D eigenvalue weighted by Gasteiger charge is -2.20. The molecule has 1 aromatic rings. The minimum atomic E-state index is -1.39. The van der Waals surface area contributed by atoms with Crippen molar-refractivity contribution in [2.45, 2.75) is 18.9 Å². The number of nitrogens with two attached hydrogens (primary N) is 1. The number of phenolic OH excluding ortho intramolecular Hbond substituents is 1. The van der Waals surface area contributed by atoms with Crippen LogP contribution < -0.4 is 5.73 Å². The second-order valence-electron chi connectivity index (χ2n) is 4.96. The van der Waals surface area contributed by atoms with Crippen LogP contribution in [0.3, 0.4) is 0 Å². The molecule has 0 radical (unpaired) electrons. The molecule has 4 N–H and O–H groups in total. The maximum atomic E-state index is 12.2. The zero-order valence-electron chi connectivity index (χ0n) is 10.6. The molecule has 0 bridgehead atoms. The number of nitrogens with zero attached hydrogens (tertiary/aromatic N) is 1. The predicted octanol–water partition coefficient (Wildman–Crippen LogP) is 0.329. The number of benzene rings is 1. The first-order valence-electron chi connectivity index (χ1n) is 5.95. The molecule has 1 saturated heterocycles. The number of hydrogen-bond acceptors (Lipinski definition) is 4. The molecule has 1 aromatic carbocycles. The number of rotatable bonds is 2. The van der Waals surface area contributed by atoms with Crippen LogP contribution in [0.15, 0.2) is 18.2 Å². The van der Waals surface area contributed by atoms with Crippen LogP contribution in [0.4, 0.5) is 0 Å². The van der Waals surface area contributed by atoms with Crippen molar-refractivity contribution < 1.29 is 19.8 Å². The van der Waals surface area contributed by atoms with Gasteiger partial charge in [-0.05, 0) is 25.5 Å². The lowest BCUT2D eigenvalue weighted by molar-refractivity contribution is -0.142. The molecule has 19 heavy (non-hydrogen) atoms. The highest BCUT2D eigenvalue weighted by molar-refractivity contribution is 5.98. The second kappa shape index (κ2) is 4.55. The first-order valence-corrected chi connectivity index (χ1v) is 5.95. The molecule has 1 aliphatic rings. The molecule has 1 aliphatic heterocycles. The van der Waals surface area contributed by atoms with Crippen molar-refractivity contribution in [1.82, 2.24) is 4.90 Å². The van der Waals surface area contributed by atoms with Crippen molar-refractivity contribution in [3.05, 3.63) is 29.3 Å². The van der Waals surface area contributed by atoms with Gasteiger partial charge in [-0.1, -0.05) is 11.6 Å². The molecule has 1 heterocycles. The van der Waals surface area contributed by atoms with Crippen LogP contribution in [-0.2, 0) is 4.79 Å². The highest BCUT2D eigenvalue weighted by Crippen LogP contribution is 2.25. The summed E-state index contributed by atoms with van der Waals surface area (Å²) in [5, 5.41) is 18.7. The third-order valence-corrected chi connectivity index (χ3v) is 3.40. The van der Waals surface area contributed by atoms with Crippen molar-refractivity contribution in [3.8, 4) is 5.75 Å². The first-order chi connectivity index (χ1) is 8.83. The molecule has 1 fully saturated rings. The summed E-state index contributed by atoms with van der Waals surface area (Å²) in [4.78, 5) is 24.6. The lowest BCUT2D eigenvalue weighted by atomic mass is 10.0. The SMILES string of the molecule is Cc1ccc(O)c(C(=O)N2CCC(N)(C(=O)O)C2)c1. The van der Waals surface area contributed by atoms with E-state index < -0.39 is 17.4 Å². The van der Waals surface area contributed by atoms with Crippen LogP contribution >= 0.6 is 0 Å². The van der Waals surface area contributed by atoms with Gasteiger partial charge in [0.25, 0.3) is 5.91 Å². The molecular formula is C13H16N2O4. The van der Waals surface area contributed by atoms with E-state index in [0.29, 0.717) is 0 Å². The molecule has 0 spiro atoms. The van der Waals surface area contributed by atoms with Crippen LogP contribution in [-0.4, -0.2) is 45.6 Å². The predicted molar refractivity (Wildman–Crippen MR) is 67.9 cm³/mol. The van der Waals surface area contributed by atoms with E-state index in [2.05, 4.69) is 0 Å². The number of aryl methyl sites for hydroxylation is 1. The molecule has 2 rings (SSSR count). The summed E-state index contributed by atoms with van der Waals surface area (Å²) < 4.78 is 0. The Kier molecular flexibility index (Phi) is 3.20. The molecule has 102 valence electrons. The van der Waals surface area contributed by atoms with Gasteiger partial charge in [0, 0.05) is 13.1 Å². The van der Waals surface area contributed by atoms with E-state index in [9.17, 15) is 14.7 Å². The van der Waals surface area contributed by atoms with Gasteiger partial charge in [-0.15, -0.1) is 0 Å². The summed E-state index contributed by atoms with van der Waals surface area (Å²) in [6, 6.07) is 4.72. The van der Waals surface area contributed by atoms with Crippen LogP contribution in [0.5, 0.6) is 5.75 Å². The zero-order chi connectivity index (χ0) is 14.2. The monoisotopic (exact) mass is 264 g/mol. The molecule has 0 aromatic heterocycles. The van der Waals surface area contributed by atoms with E-state index in [1.54, 1.807) is 12.1 Å². The number of carbonyl (C=O) groups excluding carboxylic acids is 1. The van der Waals surface area contributed by atoms with E-state index in [0.717, 1.165) is 5.56 Å². The minimum Gasteiger partial charge on any atom is -0.507 e. The van der Waals surface area contributed by atoms with Gasteiger partial charge < -0.3 is 20.8 Å². The minimum absolute atomic E-state index is 0.0471. The van der Waals surface area contributed by atoms with Crippen molar-refractivity contribution >= 4 is 11.9 Å². The number of amides is 1. The van der Waals surface area contributed by atoms with Crippen molar-refractivity contribution in [1.29, 1.82) is 0 Å². The molecule has 6 nitrogen and oxygen atoms in total. The van der Waals surface area contributed by atoms with Gasteiger partial charge in [0.2, 0.25) is 0 Å². The van der Waals surface area contributed by atoms with Gasteiger partial charge in [-0.2, -0.15) is 0 Å². The molecule has 1 atom stereocenters. The summed E-state index contributed by atoms with van der Waals surface area (Å²) in [6.45, 7) is 2.04. The summed E-state index contributed by atoms with van der Waals surface area (Å²) in [7, 11) is 0. The number of phenols is 1. The van der Waals surface area contributed by atoms with E-state index in [1.807, 2.05) is 6.92 Å². The topological polar surface area (TPSA) is 104 Å². The Bertz CT molecular complexity index is 543. The summed E-state index contributed by atoms with van der Waals surface area (Å²) >= 11 is 0. The third-order valence-electron chi connectivity index (χ3n) is 3.40. The fourth-order valence-corrected chi connectivity index (χ4v) is 2.17. The maximum Gasteiger partial charge on any atom is 0.325 e. The lowest BCUT2D eigenvalue weighted by Crippen LogP contribution is -2.50. The molecule has 1 unspecified atom stereocenters. The fourth-order valence-electron chi connectivity index (χ4n) is 2.17. The smallest absolute Gasteiger partial charge is 0.325 e. The number of hydrogen-bond donors (Lipinski definition) is 3. The molecular weight excluding hydrogens is 248 g/mol. The van der Waals surface area contributed by atoms with Crippen molar-refractivity contribution in [2.24, 2.45) is 5.73 Å². The number of aromatic hydroxyl groups is 1.